The summed E-state index contributed by atoms with van der Waals surface area (Å²) in [5.41, 5.74) is 0.851. The highest BCUT2D eigenvalue weighted by atomic mass is 79.9. The van der Waals surface area contributed by atoms with Crippen molar-refractivity contribution in [3.63, 3.8) is 0 Å². The summed E-state index contributed by atoms with van der Waals surface area (Å²) in [5.74, 6) is -0.0907. The zero-order chi connectivity index (χ0) is 17.1. The Kier molecular flexibility index (Phi) is 7.28. The number of carbonyl (C=O) groups excluding carboxylic acids is 2. The third kappa shape index (κ3) is 4.36. The van der Waals surface area contributed by atoms with E-state index in [2.05, 4.69) is 21.2 Å². The molecule has 0 radical (unpaired) electrons. The van der Waals surface area contributed by atoms with Crippen LogP contribution in [-0.4, -0.2) is 49.9 Å². The molecule has 7 heteroatoms. The maximum atomic E-state index is 12.9. The van der Waals surface area contributed by atoms with Gasteiger partial charge in [0.05, 0.1) is 5.69 Å². The van der Waals surface area contributed by atoms with Crippen LogP contribution in [0.2, 0.25) is 0 Å². The van der Waals surface area contributed by atoms with Gasteiger partial charge in [-0.3, -0.25) is 9.59 Å². The first-order valence-electron chi connectivity index (χ1n) is 8.61. The molecule has 0 aromatic heterocycles. The lowest BCUT2D eigenvalue weighted by Gasteiger charge is -2.34. The first-order valence-corrected chi connectivity index (χ1v) is 9.40. The molecule has 0 bridgehead atoms. The Hall–Kier alpha value is -1.11. The van der Waals surface area contributed by atoms with Gasteiger partial charge in [0.15, 0.2) is 0 Å². The molecule has 5 nitrogen and oxygen atoms in total. The van der Waals surface area contributed by atoms with Crippen molar-refractivity contribution < 1.29 is 9.59 Å². The van der Waals surface area contributed by atoms with Crippen LogP contribution in [0.4, 0.5) is 5.69 Å². The molecular formula is C18H25BrClN3O2. The Morgan fingerprint density at radius 3 is 2.76 bits per heavy atom. The lowest BCUT2D eigenvalue weighted by atomic mass is 9.96. The van der Waals surface area contributed by atoms with Crippen LogP contribution in [0, 0.1) is 11.8 Å². The Bertz CT molecular complexity index is 626. The molecule has 3 rings (SSSR count). The van der Waals surface area contributed by atoms with Gasteiger partial charge in [-0.25, -0.2) is 0 Å². The summed E-state index contributed by atoms with van der Waals surface area (Å²) in [6.07, 6.45) is 2.77. The summed E-state index contributed by atoms with van der Waals surface area (Å²) in [7, 11) is 1.94. The van der Waals surface area contributed by atoms with E-state index < -0.39 is 5.92 Å². The fraction of sp³-hybridized carbons (Fsp3) is 0.556. The number of para-hydroxylation sites is 1. The zero-order valence-corrected chi connectivity index (χ0v) is 16.8. The van der Waals surface area contributed by atoms with Crippen molar-refractivity contribution in [3.05, 3.63) is 28.7 Å². The Labute approximate surface area is 163 Å². The summed E-state index contributed by atoms with van der Waals surface area (Å²) in [4.78, 5) is 29.3. The molecule has 0 saturated carbocycles. The van der Waals surface area contributed by atoms with Crippen molar-refractivity contribution in [3.8, 4) is 0 Å². The first kappa shape index (κ1) is 20.2. The Balaban J connectivity index is 0.00000225. The van der Waals surface area contributed by atoms with Gasteiger partial charge in [-0.2, -0.15) is 0 Å². The average Bonchev–Trinajstić information content (AvgIpc) is 2.97. The van der Waals surface area contributed by atoms with Gasteiger partial charge < -0.3 is 15.1 Å². The minimum Gasteiger partial charge on any atom is -0.342 e. The van der Waals surface area contributed by atoms with E-state index in [1.807, 2.05) is 36.2 Å². The molecular weight excluding hydrogens is 406 g/mol. The van der Waals surface area contributed by atoms with Crippen molar-refractivity contribution in [2.45, 2.75) is 19.3 Å². The number of nitrogens with zero attached hydrogens (tertiary/aromatic N) is 2. The molecule has 0 aliphatic carbocycles. The number of amides is 2. The SMILES string of the molecule is CNCC1CCCN(C(=O)C2CCN(c3ccccc3Br)C2=O)C1.Cl. The highest BCUT2D eigenvalue weighted by molar-refractivity contribution is 9.10. The maximum Gasteiger partial charge on any atom is 0.239 e. The standard InChI is InChI=1S/C18H24BrN3O2.ClH/c1-20-11-13-5-4-9-21(12-13)17(23)14-8-10-22(18(14)24)16-7-3-2-6-15(16)19;/h2-3,6-7,13-14,20H,4-5,8-12H2,1H3;1H. The van der Waals surface area contributed by atoms with Crippen LogP contribution >= 0.6 is 28.3 Å². The monoisotopic (exact) mass is 429 g/mol. The summed E-state index contributed by atoms with van der Waals surface area (Å²) in [5, 5.41) is 3.19. The molecule has 2 fully saturated rings. The van der Waals surface area contributed by atoms with E-state index in [-0.39, 0.29) is 24.2 Å². The van der Waals surface area contributed by atoms with E-state index in [9.17, 15) is 9.59 Å². The molecule has 25 heavy (non-hydrogen) atoms. The fourth-order valence-corrected chi connectivity index (χ4v) is 4.26. The van der Waals surface area contributed by atoms with Crippen molar-refractivity contribution in [1.82, 2.24) is 10.2 Å². The molecule has 1 N–H and O–H groups in total. The van der Waals surface area contributed by atoms with Gasteiger partial charge in [-0.1, -0.05) is 12.1 Å². The second kappa shape index (κ2) is 9.01. The molecule has 2 heterocycles. The quantitative estimate of drug-likeness (QED) is 0.747. The molecule has 2 aliphatic heterocycles. The molecule has 1 aromatic carbocycles. The second-order valence-corrected chi connectivity index (χ2v) is 7.49. The van der Waals surface area contributed by atoms with Gasteiger partial charge in [-0.05, 0) is 66.8 Å². The number of hydrogen-bond donors (Lipinski definition) is 1. The predicted molar refractivity (Wildman–Crippen MR) is 105 cm³/mol. The van der Waals surface area contributed by atoms with Crippen molar-refractivity contribution >= 4 is 45.8 Å². The molecule has 2 unspecified atom stereocenters. The van der Waals surface area contributed by atoms with Gasteiger partial charge >= 0.3 is 0 Å². The number of piperidine rings is 1. The third-order valence-corrected chi connectivity index (χ3v) is 5.64. The lowest BCUT2D eigenvalue weighted by molar-refractivity contribution is -0.141. The van der Waals surface area contributed by atoms with Crippen molar-refractivity contribution in [1.29, 1.82) is 0 Å². The van der Waals surface area contributed by atoms with Gasteiger partial charge in [0.25, 0.3) is 0 Å². The van der Waals surface area contributed by atoms with Crippen LogP contribution < -0.4 is 10.2 Å². The van der Waals surface area contributed by atoms with Crippen LogP contribution in [0.15, 0.2) is 28.7 Å². The number of halogens is 2. The zero-order valence-electron chi connectivity index (χ0n) is 14.4. The fourth-order valence-electron chi connectivity index (χ4n) is 3.76. The highest BCUT2D eigenvalue weighted by Gasteiger charge is 2.40. The number of benzene rings is 1. The minimum absolute atomic E-state index is 0. The summed E-state index contributed by atoms with van der Waals surface area (Å²) >= 11 is 3.50. The van der Waals surface area contributed by atoms with Gasteiger partial charge in [-0.15, -0.1) is 12.4 Å². The van der Waals surface area contributed by atoms with E-state index in [1.54, 1.807) is 4.90 Å². The number of rotatable bonds is 4. The van der Waals surface area contributed by atoms with Crippen LogP contribution in [0.3, 0.4) is 0 Å². The number of hydrogen-bond acceptors (Lipinski definition) is 3. The molecule has 0 spiro atoms. The minimum atomic E-state index is -0.523. The van der Waals surface area contributed by atoms with Gasteiger partial charge in [0, 0.05) is 24.1 Å². The summed E-state index contributed by atoms with van der Waals surface area (Å²) in [6, 6.07) is 7.67. The summed E-state index contributed by atoms with van der Waals surface area (Å²) < 4.78 is 0.888. The molecule has 2 aliphatic rings. The largest absolute Gasteiger partial charge is 0.342 e. The number of carbonyl (C=O) groups is 2. The van der Waals surface area contributed by atoms with E-state index in [0.29, 0.717) is 18.9 Å². The highest BCUT2D eigenvalue weighted by Crippen LogP contribution is 2.32. The van der Waals surface area contributed by atoms with E-state index >= 15 is 0 Å². The van der Waals surface area contributed by atoms with Crippen LogP contribution in [-0.2, 0) is 9.59 Å². The smallest absolute Gasteiger partial charge is 0.239 e. The topological polar surface area (TPSA) is 52.7 Å². The molecule has 138 valence electrons. The van der Waals surface area contributed by atoms with Crippen LogP contribution in [0.5, 0.6) is 0 Å². The van der Waals surface area contributed by atoms with E-state index in [1.165, 1.54) is 0 Å². The van der Waals surface area contributed by atoms with E-state index in [0.717, 1.165) is 42.6 Å². The Morgan fingerprint density at radius 1 is 1.28 bits per heavy atom. The lowest BCUT2D eigenvalue weighted by Crippen LogP contribution is -2.46. The number of likely N-dealkylation sites (tertiary alicyclic amines) is 1. The van der Waals surface area contributed by atoms with Crippen LogP contribution in [0.1, 0.15) is 19.3 Å². The maximum absolute atomic E-state index is 12.9. The molecule has 2 amide bonds. The molecule has 2 saturated heterocycles. The van der Waals surface area contributed by atoms with Crippen molar-refractivity contribution in [2.24, 2.45) is 11.8 Å². The molecule has 2 atom stereocenters. The van der Waals surface area contributed by atoms with Crippen molar-refractivity contribution in [2.75, 3.05) is 38.1 Å². The average molecular weight is 431 g/mol. The van der Waals surface area contributed by atoms with Gasteiger partial charge in [0.1, 0.15) is 5.92 Å². The normalized spacial score (nSPS) is 23.5. The molecule has 1 aromatic rings. The van der Waals surface area contributed by atoms with Gasteiger partial charge in [0.2, 0.25) is 11.8 Å². The third-order valence-electron chi connectivity index (χ3n) is 4.97. The number of anilines is 1. The van der Waals surface area contributed by atoms with Crippen LogP contribution in [0.25, 0.3) is 0 Å². The summed E-state index contributed by atoms with van der Waals surface area (Å²) in [6.45, 7) is 3.06. The predicted octanol–water partition coefficient (Wildman–Crippen LogP) is 2.68. The Morgan fingerprint density at radius 2 is 2.04 bits per heavy atom. The first-order chi connectivity index (χ1) is 11.6. The number of nitrogens with one attached hydrogen (secondary N) is 1. The second-order valence-electron chi connectivity index (χ2n) is 6.63. The van der Waals surface area contributed by atoms with E-state index in [4.69, 9.17) is 0 Å².